The van der Waals surface area contributed by atoms with Gasteiger partial charge in [0.25, 0.3) is 11.8 Å². The van der Waals surface area contributed by atoms with Crippen LogP contribution in [-0.4, -0.2) is 46.2 Å². The van der Waals surface area contributed by atoms with E-state index in [2.05, 4.69) is 10.6 Å². The van der Waals surface area contributed by atoms with Crippen molar-refractivity contribution in [3.8, 4) is 0 Å². The van der Waals surface area contributed by atoms with Gasteiger partial charge in [0.2, 0.25) is 0 Å². The highest BCUT2D eigenvalue weighted by molar-refractivity contribution is 6.05. The second-order valence-corrected chi connectivity index (χ2v) is 5.66. The lowest BCUT2D eigenvalue weighted by atomic mass is 10.1. The second-order valence-electron chi connectivity index (χ2n) is 5.66. The minimum atomic E-state index is -0.367. The summed E-state index contributed by atoms with van der Waals surface area (Å²) in [5.41, 5.74) is 1.77. The largest absolute Gasteiger partial charge is 0.459 e. The lowest BCUT2D eigenvalue weighted by molar-refractivity contribution is 0.0947. The van der Waals surface area contributed by atoms with Gasteiger partial charge >= 0.3 is 0 Å². The van der Waals surface area contributed by atoms with Crippen LogP contribution in [0.1, 0.15) is 27.3 Å². The maximum Gasteiger partial charge on any atom is 0.291 e. The Balaban J connectivity index is 2.15. The maximum absolute atomic E-state index is 12.5. The van der Waals surface area contributed by atoms with Crippen molar-refractivity contribution in [3.63, 3.8) is 0 Å². The van der Waals surface area contributed by atoms with Crippen LogP contribution in [0.4, 0.5) is 11.4 Å². The summed E-state index contributed by atoms with van der Waals surface area (Å²) >= 11 is 0. The molecule has 0 spiro atoms. The molecule has 0 fully saturated rings. The maximum atomic E-state index is 12.5. The standard InChI is InChI=1S/C18H23N3O4/c1-21(2)15-8-7-13(20-18(23)16-6-4-11-25-16)12-14(15)17(22)19-9-5-10-24-3/h4,6-8,11-12H,5,9-10H2,1-3H3,(H,19,22)(H,20,23). The van der Waals surface area contributed by atoms with Gasteiger partial charge in [-0.15, -0.1) is 0 Å². The Bertz CT molecular complexity index is 711. The lowest BCUT2D eigenvalue weighted by Gasteiger charge is -2.18. The monoisotopic (exact) mass is 345 g/mol. The lowest BCUT2D eigenvalue weighted by Crippen LogP contribution is -2.27. The van der Waals surface area contributed by atoms with E-state index in [1.54, 1.807) is 37.4 Å². The normalized spacial score (nSPS) is 10.4. The number of amides is 2. The summed E-state index contributed by atoms with van der Waals surface area (Å²) in [5.74, 6) is -0.356. The topological polar surface area (TPSA) is 83.8 Å². The van der Waals surface area contributed by atoms with Crippen molar-refractivity contribution < 1.29 is 18.7 Å². The molecule has 0 atom stereocenters. The molecule has 2 rings (SSSR count). The Morgan fingerprint density at radius 3 is 2.64 bits per heavy atom. The molecule has 0 aliphatic carbocycles. The molecule has 0 saturated carbocycles. The van der Waals surface area contributed by atoms with Gasteiger partial charge in [-0.25, -0.2) is 0 Å². The van der Waals surface area contributed by atoms with Crippen LogP contribution >= 0.6 is 0 Å². The van der Waals surface area contributed by atoms with Crippen LogP contribution in [-0.2, 0) is 4.74 Å². The van der Waals surface area contributed by atoms with Gasteiger partial charge in [-0.05, 0) is 36.8 Å². The van der Waals surface area contributed by atoms with E-state index in [1.807, 2.05) is 19.0 Å². The summed E-state index contributed by atoms with van der Waals surface area (Å²) in [6.45, 7) is 1.10. The molecule has 1 aromatic carbocycles. The van der Waals surface area contributed by atoms with Crippen molar-refractivity contribution in [1.29, 1.82) is 0 Å². The first-order valence-corrected chi connectivity index (χ1v) is 7.96. The summed E-state index contributed by atoms with van der Waals surface area (Å²) in [6.07, 6.45) is 2.16. The molecule has 0 unspecified atom stereocenters. The highest BCUT2D eigenvalue weighted by Crippen LogP contribution is 2.23. The van der Waals surface area contributed by atoms with Crippen molar-refractivity contribution in [2.45, 2.75) is 6.42 Å². The predicted molar refractivity (Wildman–Crippen MR) is 96.3 cm³/mol. The van der Waals surface area contributed by atoms with Crippen LogP contribution < -0.4 is 15.5 Å². The molecular weight excluding hydrogens is 322 g/mol. The summed E-state index contributed by atoms with van der Waals surface area (Å²) in [5, 5.41) is 5.59. The van der Waals surface area contributed by atoms with Gasteiger partial charge in [0.1, 0.15) is 0 Å². The molecule has 134 valence electrons. The van der Waals surface area contributed by atoms with Crippen LogP contribution in [0.3, 0.4) is 0 Å². The van der Waals surface area contributed by atoms with Crippen molar-refractivity contribution in [1.82, 2.24) is 5.32 Å². The van der Waals surface area contributed by atoms with Gasteiger partial charge < -0.3 is 24.7 Å². The second kappa shape index (κ2) is 8.89. The Kier molecular flexibility index (Phi) is 6.59. The van der Waals surface area contributed by atoms with E-state index >= 15 is 0 Å². The minimum Gasteiger partial charge on any atom is -0.459 e. The Morgan fingerprint density at radius 2 is 2.00 bits per heavy atom. The summed E-state index contributed by atoms with van der Waals surface area (Å²) in [4.78, 5) is 26.4. The number of hydrogen-bond donors (Lipinski definition) is 2. The molecule has 1 heterocycles. The molecule has 0 aliphatic heterocycles. The third-order valence-corrected chi connectivity index (χ3v) is 3.54. The fourth-order valence-corrected chi connectivity index (χ4v) is 2.30. The zero-order chi connectivity index (χ0) is 18.2. The number of furan rings is 1. The molecule has 0 bridgehead atoms. The smallest absolute Gasteiger partial charge is 0.291 e. The number of rotatable bonds is 8. The van der Waals surface area contributed by atoms with Gasteiger partial charge in [-0.1, -0.05) is 0 Å². The zero-order valence-electron chi connectivity index (χ0n) is 14.7. The van der Waals surface area contributed by atoms with Crippen molar-refractivity contribution >= 4 is 23.2 Å². The number of anilines is 2. The summed E-state index contributed by atoms with van der Waals surface area (Å²) < 4.78 is 10.0. The molecule has 1 aromatic heterocycles. The zero-order valence-corrected chi connectivity index (χ0v) is 14.7. The minimum absolute atomic E-state index is 0.200. The molecular formula is C18H23N3O4. The quantitative estimate of drug-likeness (QED) is 0.718. The molecule has 2 amide bonds. The van der Waals surface area contributed by atoms with Crippen molar-refractivity contribution in [2.75, 3.05) is 44.6 Å². The SMILES string of the molecule is COCCCNC(=O)c1cc(NC(=O)c2ccco2)ccc1N(C)C. The van der Waals surface area contributed by atoms with E-state index in [9.17, 15) is 9.59 Å². The average molecular weight is 345 g/mol. The number of carbonyl (C=O) groups excluding carboxylic acids is 2. The Hall–Kier alpha value is -2.80. The highest BCUT2D eigenvalue weighted by atomic mass is 16.5. The van der Waals surface area contributed by atoms with Crippen molar-refractivity contribution in [2.24, 2.45) is 0 Å². The number of nitrogens with zero attached hydrogens (tertiary/aromatic N) is 1. The third kappa shape index (κ3) is 5.09. The van der Waals surface area contributed by atoms with Gasteiger partial charge in [0.15, 0.2) is 5.76 Å². The molecule has 7 nitrogen and oxygen atoms in total. The molecule has 7 heteroatoms. The summed E-state index contributed by atoms with van der Waals surface area (Å²) in [6, 6.07) is 8.41. The predicted octanol–water partition coefficient (Wildman–Crippen LogP) is 2.36. The first-order chi connectivity index (χ1) is 12.0. The third-order valence-electron chi connectivity index (χ3n) is 3.54. The highest BCUT2D eigenvalue weighted by Gasteiger charge is 2.15. The van der Waals surface area contributed by atoms with E-state index in [0.29, 0.717) is 24.4 Å². The van der Waals surface area contributed by atoms with E-state index in [-0.39, 0.29) is 17.6 Å². The molecule has 25 heavy (non-hydrogen) atoms. The van der Waals surface area contributed by atoms with Gasteiger partial charge in [0, 0.05) is 45.7 Å². The fraction of sp³-hybridized carbons (Fsp3) is 0.333. The van der Waals surface area contributed by atoms with Crippen LogP contribution in [0.25, 0.3) is 0 Å². The Labute approximate surface area is 146 Å². The molecule has 0 saturated heterocycles. The molecule has 0 radical (unpaired) electrons. The average Bonchev–Trinajstić information content (AvgIpc) is 3.13. The van der Waals surface area contributed by atoms with E-state index in [4.69, 9.17) is 9.15 Å². The van der Waals surface area contributed by atoms with Gasteiger partial charge in [-0.2, -0.15) is 0 Å². The number of ether oxygens (including phenoxy) is 1. The van der Waals surface area contributed by atoms with Crippen LogP contribution in [0, 0.1) is 0 Å². The Morgan fingerprint density at radius 1 is 1.20 bits per heavy atom. The van der Waals surface area contributed by atoms with Gasteiger partial charge in [-0.3, -0.25) is 9.59 Å². The number of benzene rings is 1. The number of carbonyl (C=O) groups is 2. The summed E-state index contributed by atoms with van der Waals surface area (Å²) in [7, 11) is 5.34. The number of nitrogens with one attached hydrogen (secondary N) is 2. The number of methoxy groups -OCH3 is 1. The number of hydrogen-bond acceptors (Lipinski definition) is 5. The first kappa shape index (κ1) is 18.5. The van der Waals surface area contributed by atoms with Crippen molar-refractivity contribution in [3.05, 3.63) is 47.9 Å². The van der Waals surface area contributed by atoms with Gasteiger partial charge in [0.05, 0.1) is 11.8 Å². The van der Waals surface area contributed by atoms with E-state index < -0.39 is 0 Å². The van der Waals surface area contributed by atoms with Crippen LogP contribution in [0.2, 0.25) is 0 Å². The van der Waals surface area contributed by atoms with Crippen LogP contribution in [0.5, 0.6) is 0 Å². The first-order valence-electron chi connectivity index (χ1n) is 7.96. The van der Waals surface area contributed by atoms with Crippen LogP contribution in [0.15, 0.2) is 41.0 Å². The fourth-order valence-electron chi connectivity index (χ4n) is 2.30. The molecule has 2 aromatic rings. The molecule has 2 N–H and O–H groups in total. The van der Waals surface area contributed by atoms with E-state index in [1.165, 1.54) is 6.26 Å². The van der Waals surface area contributed by atoms with E-state index in [0.717, 1.165) is 12.1 Å². The molecule has 0 aliphatic rings.